The van der Waals surface area contributed by atoms with Crippen molar-refractivity contribution < 1.29 is 4.79 Å². The summed E-state index contributed by atoms with van der Waals surface area (Å²) < 4.78 is 1.23. The van der Waals surface area contributed by atoms with E-state index in [0.717, 1.165) is 42.4 Å². The van der Waals surface area contributed by atoms with Crippen LogP contribution in [0, 0.1) is 6.92 Å². The predicted molar refractivity (Wildman–Crippen MR) is 109 cm³/mol. The minimum Gasteiger partial charge on any atom is -0.345 e. The number of hydrogen-bond acceptors (Lipinski definition) is 4. The third-order valence-corrected chi connectivity index (χ3v) is 5.77. The monoisotopic (exact) mass is 363 g/mol. The van der Waals surface area contributed by atoms with Crippen molar-refractivity contribution in [2.45, 2.75) is 6.92 Å². The van der Waals surface area contributed by atoms with Crippen molar-refractivity contribution in [2.24, 2.45) is 0 Å². The van der Waals surface area contributed by atoms with Gasteiger partial charge in [0.1, 0.15) is 0 Å². The smallest absolute Gasteiger partial charge is 0.246 e. The summed E-state index contributed by atoms with van der Waals surface area (Å²) in [4.78, 5) is 21.4. The first-order valence-corrected chi connectivity index (χ1v) is 9.65. The third-order valence-electron chi connectivity index (χ3n) is 4.69. The van der Waals surface area contributed by atoms with Crippen molar-refractivity contribution in [1.29, 1.82) is 0 Å². The van der Waals surface area contributed by atoms with E-state index in [-0.39, 0.29) is 5.91 Å². The molecule has 26 heavy (non-hydrogen) atoms. The zero-order valence-corrected chi connectivity index (χ0v) is 15.6. The van der Waals surface area contributed by atoms with Crippen LogP contribution in [0.4, 0.5) is 5.13 Å². The van der Waals surface area contributed by atoms with Crippen LogP contribution in [0.1, 0.15) is 11.1 Å². The fourth-order valence-corrected chi connectivity index (χ4v) is 4.26. The SMILES string of the molecule is Cc1cccc2sc(N3CCN(C(=O)/C=C/c4ccccc4)CC3)nc12. The fraction of sp³-hybridized carbons (Fsp3) is 0.238. The van der Waals surface area contributed by atoms with Gasteiger partial charge in [0.2, 0.25) is 5.91 Å². The lowest BCUT2D eigenvalue weighted by molar-refractivity contribution is -0.126. The molecule has 1 amide bonds. The number of para-hydroxylation sites is 1. The van der Waals surface area contributed by atoms with Crippen LogP contribution in [0.25, 0.3) is 16.3 Å². The Morgan fingerprint density at radius 2 is 1.81 bits per heavy atom. The summed E-state index contributed by atoms with van der Waals surface area (Å²) in [6, 6.07) is 16.2. The third kappa shape index (κ3) is 3.48. The molecule has 2 aromatic carbocycles. The molecule has 0 unspecified atom stereocenters. The normalized spacial score (nSPS) is 15.1. The van der Waals surface area contributed by atoms with E-state index in [1.165, 1.54) is 10.3 Å². The molecule has 4 rings (SSSR count). The van der Waals surface area contributed by atoms with Crippen LogP contribution < -0.4 is 4.90 Å². The van der Waals surface area contributed by atoms with Crippen molar-refractivity contribution in [3.63, 3.8) is 0 Å². The topological polar surface area (TPSA) is 36.4 Å². The molecule has 1 aromatic heterocycles. The predicted octanol–water partition coefficient (Wildman–Crippen LogP) is 3.97. The molecule has 4 nitrogen and oxygen atoms in total. The highest BCUT2D eigenvalue weighted by molar-refractivity contribution is 7.22. The summed E-state index contributed by atoms with van der Waals surface area (Å²) in [5.74, 6) is 0.0775. The van der Waals surface area contributed by atoms with Crippen LogP contribution >= 0.6 is 11.3 Å². The van der Waals surface area contributed by atoms with Gasteiger partial charge >= 0.3 is 0 Å². The van der Waals surface area contributed by atoms with E-state index in [4.69, 9.17) is 4.98 Å². The number of anilines is 1. The Kier molecular flexibility index (Phi) is 4.71. The Bertz CT molecular complexity index is 940. The lowest BCUT2D eigenvalue weighted by Gasteiger charge is -2.34. The van der Waals surface area contributed by atoms with Gasteiger partial charge in [-0.25, -0.2) is 4.98 Å². The Hall–Kier alpha value is -2.66. The minimum atomic E-state index is 0.0775. The Labute approximate surface area is 157 Å². The minimum absolute atomic E-state index is 0.0775. The molecule has 132 valence electrons. The number of hydrogen-bond donors (Lipinski definition) is 0. The number of aryl methyl sites for hydroxylation is 1. The van der Waals surface area contributed by atoms with E-state index in [1.54, 1.807) is 17.4 Å². The van der Waals surface area contributed by atoms with Gasteiger partial charge in [-0.15, -0.1) is 0 Å². The van der Waals surface area contributed by atoms with E-state index in [9.17, 15) is 4.79 Å². The second-order valence-electron chi connectivity index (χ2n) is 6.47. The van der Waals surface area contributed by atoms with Crippen LogP contribution in [0.15, 0.2) is 54.6 Å². The van der Waals surface area contributed by atoms with Crippen LogP contribution in [0.2, 0.25) is 0 Å². The molecule has 0 atom stereocenters. The second-order valence-corrected chi connectivity index (χ2v) is 7.48. The number of rotatable bonds is 3. The van der Waals surface area contributed by atoms with Crippen molar-refractivity contribution in [3.05, 3.63) is 65.7 Å². The molecule has 0 spiro atoms. The molecular weight excluding hydrogens is 342 g/mol. The molecule has 1 aliphatic rings. The number of thiazole rings is 1. The zero-order valence-electron chi connectivity index (χ0n) is 14.8. The van der Waals surface area contributed by atoms with Gasteiger partial charge in [-0.3, -0.25) is 4.79 Å². The maximum Gasteiger partial charge on any atom is 0.246 e. The molecule has 0 bridgehead atoms. The van der Waals surface area contributed by atoms with Crippen LogP contribution in [-0.2, 0) is 4.79 Å². The van der Waals surface area contributed by atoms with E-state index < -0.39 is 0 Å². The molecule has 0 aliphatic carbocycles. The molecule has 0 N–H and O–H groups in total. The molecule has 0 saturated carbocycles. The maximum absolute atomic E-state index is 12.4. The Balaban J connectivity index is 1.39. The van der Waals surface area contributed by atoms with Crippen LogP contribution in [-0.4, -0.2) is 42.0 Å². The molecule has 5 heteroatoms. The van der Waals surface area contributed by atoms with Crippen LogP contribution in [0.5, 0.6) is 0 Å². The standard InChI is InChI=1S/C21H21N3OS/c1-16-6-5-9-18-20(16)22-21(26-18)24-14-12-23(13-15-24)19(25)11-10-17-7-3-2-4-8-17/h2-11H,12-15H2,1H3/b11-10+. The van der Waals surface area contributed by atoms with E-state index >= 15 is 0 Å². The number of carbonyl (C=O) groups excluding carboxylic acids is 1. The molecular formula is C21H21N3OS. The van der Waals surface area contributed by atoms with Gasteiger partial charge in [0.05, 0.1) is 10.2 Å². The number of aromatic nitrogens is 1. The molecule has 3 aromatic rings. The van der Waals surface area contributed by atoms with Crippen molar-refractivity contribution in [2.75, 3.05) is 31.1 Å². The molecule has 1 saturated heterocycles. The molecule has 0 radical (unpaired) electrons. The second kappa shape index (κ2) is 7.30. The molecule has 2 heterocycles. The van der Waals surface area contributed by atoms with Gasteiger partial charge in [0, 0.05) is 32.3 Å². The van der Waals surface area contributed by atoms with Gasteiger partial charge in [-0.2, -0.15) is 0 Å². The number of nitrogens with zero attached hydrogens (tertiary/aromatic N) is 3. The van der Waals surface area contributed by atoms with Crippen molar-refractivity contribution in [3.8, 4) is 0 Å². The quantitative estimate of drug-likeness (QED) is 0.661. The highest BCUT2D eigenvalue weighted by Crippen LogP contribution is 2.30. The maximum atomic E-state index is 12.4. The van der Waals surface area contributed by atoms with E-state index in [2.05, 4.69) is 30.0 Å². The summed E-state index contributed by atoms with van der Waals surface area (Å²) in [5.41, 5.74) is 3.35. The first-order valence-electron chi connectivity index (χ1n) is 8.84. The van der Waals surface area contributed by atoms with E-state index in [0.29, 0.717) is 0 Å². The average Bonchev–Trinajstić information content (AvgIpc) is 3.13. The number of fused-ring (bicyclic) bond motifs is 1. The summed E-state index contributed by atoms with van der Waals surface area (Å²) >= 11 is 1.73. The largest absolute Gasteiger partial charge is 0.345 e. The Morgan fingerprint density at radius 1 is 1.04 bits per heavy atom. The van der Waals surface area contributed by atoms with Crippen LogP contribution in [0.3, 0.4) is 0 Å². The van der Waals surface area contributed by atoms with Crippen molar-refractivity contribution in [1.82, 2.24) is 9.88 Å². The van der Waals surface area contributed by atoms with Gasteiger partial charge in [0.15, 0.2) is 5.13 Å². The molecule has 1 fully saturated rings. The first kappa shape index (κ1) is 16.8. The van der Waals surface area contributed by atoms with Gasteiger partial charge < -0.3 is 9.80 Å². The summed E-state index contributed by atoms with van der Waals surface area (Å²) in [6.07, 6.45) is 3.55. The Morgan fingerprint density at radius 3 is 2.54 bits per heavy atom. The fourth-order valence-electron chi connectivity index (χ4n) is 3.16. The number of benzene rings is 2. The average molecular weight is 363 g/mol. The van der Waals surface area contributed by atoms with Gasteiger partial charge in [0.25, 0.3) is 0 Å². The van der Waals surface area contributed by atoms with E-state index in [1.807, 2.05) is 41.3 Å². The summed E-state index contributed by atoms with van der Waals surface area (Å²) in [6.45, 7) is 5.20. The van der Waals surface area contributed by atoms with Crippen molar-refractivity contribution >= 4 is 38.7 Å². The highest BCUT2D eigenvalue weighted by Gasteiger charge is 2.22. The van der Waals surface area contributed by atoms with Gasteiger partial charge in [-0.05, 0) is 30.2 Å². The lowest BCUT2D eigenvalue weighted by Crippen LogP contribution is -2.48. The van der Waals surface area contributed by atoms with Gasteiger partial charge in [-0.1, -0.05) is 53.8 Å². The molecule has 1 aliphatic heterocycles. The first-order chi connectivity index (χ1) is 12.7. The zero-order chi connectivity index (χ0) is 17.9. The number of amides is 1. The number of carbonyl (C=O) groups is 1. The highest BCUT2D eigenvalue weighted by atomic mass is 32.1. The summed E-state index contributed by atoms with van der Waals surface area (Å²) in [5, 5.41) is 1.06. The summed E-state index contributed by atoms with van der Waals surface area (Å²) in [7, 11) is 0. The lowest BCUT2D eigenvalue weighted by atomic mass is 10.2. The number of piperazine rings is 1.